The average molecular weight is 463 g/mol. The Hall–Kier alpha value is -0.380. The van der Waals surface area contributed by atoms with Crippen molar-refractivity contribution >= 4 is 13.3 Å². The summed E-state index contributed by atoms with van der Waals surface area (Å²) in [5.74, 6) is 0. The van der Waals surface area contributed by atoms with Crippen LogP contribution >= 0.6 is 7.60 Å². The number of carbonyl (C=O) groups is 1. The predicted octanol–water partition coefficient (Wildman–Crippen LogP) is 9.43. The molecule has 0 unspecified atom stereocenters. The first-order valence-electron chi connectivity index (χ1n) is 13.0. The molecule has 31 heavy (non-hydrogen) atoms. The van der Waals surface area contributed by atoms with Crippen molar-refractivity contribution in [1.29, 1.82) is 0 Å². The number of hydrogen-bond acceptors (Lipinski definition) is 5. The first-order chi connectivity index (χ1) is 15.1. The smallest absolute Gasteiger partial charge is 0.437 e. The van der Waals surface area contributed by atoms with Crippen molar-refractivity contribution in [2.75, 3.05) is 20.8 Å². The molecule has 0 saturated carbocycles. The molecule has 0 spiro atoms. The van der Waals surface area contributed by atoms with Gasteiger partial charge in [-0.05, 0) is 6.42 Å². The largest absolute Gasteiger partial charge is 0.457 e. The molecular formula is C25H51O5P. The minimum absolute atomic E-state index is 0.272. The maximum Gasteiger partial charge on any atom is 0.437 e. The van der Waals surface area contributed by atoms with Crippen LogP contribution in [-0.2, 0) is 18.3 Å². The lowest BCUT2D eigenvalue weighted by molar-refractivity contribution is 0.154. The van der Waals surface area contributed by atoms with Gasteiger partial charge in [-0.2, -0.15) is 0 Å². The van der Waals surface area contributed by atoms with E-state index in [9.17, 15) is 9.36 Å². The molecule has 186 valence electrons. The van der Waals surface area contributed by atoms with Crippen molar-refractivity contribution in [1.82, 2.24) is 0 Å². The highest BCUT2D eigenvalue weighted by atomic mass is 31.2. The second kappa shape index (κ2) is 22.8. The summed E-state index contributed by atoms with van der Waals surface area (Å²) < 4.78 is 26.0. The monoisotopic (exact) mass is 462 g/mol. The number of hydrogen-bond donors (Lipinski definition) is 0. The minimum Gasteiger partial charge on any atom is -0.457 e. The number of carbonyl (C=O) groups excluding carboxylic acids is 1. The lowest BCUT2D eigenvalue weighted by Gasteiger charge is -2.12. The van der Waals surface area contributed by atoms with Gasteiger partial charge in [0.1, 0.15) is 0 Å². The van der Waals surface area contributed by atoms with Gasteiger partial charge in [-0.3, -0.25) is 0 Å². The van der Waals surface area contributed by atoms with Crippen molar-refractivity contribution < 1.29 is 23.1 Å². The van der Waals surface area contributed by atoms with E-state index in [2.05, 4.69) is 16.0 Å². The van der Waals surface area contributed by atoms with Crippen LogP contribution in [-0.4, -0.2) is 26.5 Å². The molecule has 0 aromatic carbocycles. The van der Waals surface area contributed by atoms with E-state index in [0.717, 1.165) is 19.3 Å². The lowest BCUT2D eigenvalue weighted by Crippen LogP contribution is -2.07. The van der Waals surface area contributed by atoms with Gasteiger partial charge in [-0.25, -0.2) is 9.36 Å². The van der Waals surface area contributed by atoms with E-state index in [-0.39, 0.29) is 6.61 Å². The summed E-state index contributed by atoms with van der Waals surface area (Å²) in [7, 11) is -1.36. The van der Waals surface area contributed by atoms with E-state index in [1.54, 1.807) is 0 Å². The Morgan fingerprint density at radius 2 is 0.839 bits per heavy atom. The molecule has 0 heterocycles. The normalized spacial score (nSPS) is 11.7. The Kier molecular flexibility index (Phi) is 22.5. The van der Waals surface area contributed by atoms with E-state index in [1.165, 1.54) is 123 Å². The summed E-state index contributed by atoms with van der Waals surface area (Å²) in [4.78, 5) is 11.6. The van der Waals surface area contributed by atoms with E-state index < -0.39 is 13.3 Å². The molecule has 0 aliphatic rings. The molecule has 0 rings (SSSR count). The van der Waals surface area contributed by atoms with Crippen LogP contribution < -0.4 is 0 Å². The Morgan fingerprint density at radius 3 is 1.13 bits per heavy atom. The van der Waals surface area contributed by atoms with Crippen LogP contribution in [0, 0.1) is 0 Å². The highest BCUT2D eigenvalue weighted by Crippen LogP contribution is 2.48. The summed E-state index contributed by atoms with van der Waals surface area (Å²) in [5.41, 5.74) is -0.893. The zero-order chi connectivity index (χ0) is 23.0. The van der Waals surface area contributed by atoms with Gasteiger partial charge in [0.15, 0.2) is 0 Å². The summed E-state index contributed by atoms with van der Waals surface area (Å²) in [6.45, 7) is 2.55. The quantitative estimate of drug-likeness (QED) is 0.106. The van der Waals surface area contributed by atoms with E-state index in [1.807, 2.05) is 0 Å². The van der Waals surface area contributed by atoms with Crippen molar-refractivity contribution in [3.05, 3.63) is 0 Å². The highest BCUT2D eigenvalue weighted by Gasteiger charge is 2.34. The summed E-state index contributed by atoms with van der Waals surface area (Å²) in [5, 5.41) is 0. The van der Waals surface area contributed by atoms with Crippen molar-refractivity contribution in [3.63, 3.8) is 0 Å². The molecule has 0 atom stereocenters. The lowest BCUT2D eigenvalue weighted by atomic mass is 10.0. The van der Waals surface area contributed by atoms with Gasteiger partial charge in [0.25, 0.3) is 0 Å². The van der Waals surface area contributed by atoms with E-state index >= 15 is 0 Å². The SMILES string of the molecule is CCCCCCCCCCCCCCCCCCCCCCOC(=O)P(=O)(OC)OC. The molecule has 5 nitrogen and oxygen atoms in total. The van der Waals surface area contributed by atoms with Gasteiger partial charge in [0.05, 0.1) is 6.61 Å². The Balaban J connectivity index is 3.20. The third-order valence-corrected chi connectivity index (χ3v) is 7.47. The minimum atomic E-state index is -3.73. The Bertz CT molecular complexity index is 434. The maximum absolute atomic E-state index is 11.8. The van der Waals surface area contributed by atoms with Gasteiger partial charge >= 0.3 is 13.3 Å². The standard InChI is InChI=1S/C25H51O5P/c1-4-5-6-7-8-9-10-11-12-13-14-15-16-17-18-19-20-21-22-23-24-30-25(26)31(27,28-2)29-3/h4-24H2,1-3H3. The molecule has 0 aromatic heterocycles. The second-order valence-corrected chi connectivity index (χ2v) is 10.8. The molecule has 0 N–H and O–H groups in total. The van der Waals surface area contributed by atoms with Gasteiger partial charge in [0, 0.05) is 14.2 Å². The van der Waals surface area contributed by atoms with Crippen LogP contribution in [0.2, 0.25) is 0 Å². The summed E-state index contributed by atoms with van der Waals surface area (Å²) in [6.07, 6.45) is 26.6. The van der Waals surface area contributed by atoms with Crippen molar-refractivity contribution in [3.8, 4) is 0 Å². The fraction of sp³-hybridized carbons (Fsp3) is 0.960. The number of ether oxygens (including phenoxy) is 1. The molecule has 0 bridgehead atoms. The third-order valence-electron chi connectivity index (χ3n) is 5.93. The average Bonchev–Trinajstić information content (AvgIpc) is 2.79. The molecule has 0 amide bonds. The fourth-order valence-corrected chi connectivity index (χ4v) is 4.52. The summed E-state index contributed by atoms with van der Waals surface area (Å²) in [6, 6.07) is 0. The van der Waals surface area contributed by atoms with Gasteiger partial charge in [-0.1, -0.05) is 129 Å². The van der Waals surface area contributed by atoms with Crippen LogP contribution in [0.5, 0.6) is 0 Å². The van der Waals surface area contributed by atoms with Gasteiger partial charge in [0.2, 0.25) is 0 Å². The highest BCUT2D eigenvalue weighted by molar-refractivity contribution is 7.71. The van der Waals surface area contributed by atoms with Crippen LogP contribution in [0.15, 0.2) is 0 Å². The predicted molar refractivity (Wildman–Crippen MR) is 131 cm³/mol. The van der Waals surface area contributed by atoms with Crippen LogP contribution in [0.3, 0.4) is 0 Å². The molecule has 0 fully saturated rings. The van der Waals surface area contributed by atoms with Crippen molar-refractivity contribution in [2.24, 2.45) is 0 Å². The number of unbranched alkanes of at least 4 members (excludes halogenated alkanes) is 19. The first-order valence-corrected chi connectivity index (χ1v) is 14.5. The molecule has 0 aliphatic carbocycles. The first kappa shape index (κ1) is 30.6. The van der Waals surface area contributed by atoms with Gasteiger partial charge in [-0.15, -0.1) is 0 Å². The summed E-state index contributed by atoms with van der Waals surface area (Å²) >= 11 is 0. The molecule has 0 aliphatic heterocycles. The third kappa shape index (κ3) is 18.9. The molecule has 0 saturated heterocycles. The zero-order valence-corrected chi connectivity index (χ0v) is 21.7. The van der Waals surface area contributed by atoms with Crippen LogP contribution in [0.1, 0.15) is 135 Å². The molecular weight excluding hydrogens is 411 g/mol. The molecule has 0 radical (unpaired) electrons. The fourth-order valence-electron chi connectivity index (χ4n) is 3.82. The molecule has 0 aromatic rings. The second-order valence-electron chi connectivity index (χ2n) is 8.69. The number of rotatable bonds is 24. The van der Waals surface area contributed by atoms with E-state index in [0.29, 0.717) is 0 Å². The van der Waals surface area contributed by atoms with E-state index in [4.69, 9.17) is 4.74 Å². The van der Waals surface area contributed by atoms with Crippen molar-refractivity contribution in [2.45, 2.75) is 135 Å². The van der Waals surface area contributed by atoms with Gasteiger partial charge < -0.3 is 13.8 Å². The zero-order valence-electron chi connectivity index (χ0n) is 20.8. The molecule has 6 heteroatoms. The van der Waals surface area contributed by atoms with Crippen LogP contribution in [0.25, 0.3) is 0 Å². The topological polar surface area (TPSA) is 61.8 Å². The Labute approximate surface area is 192 Å². The maximum atomic E-state index is 11.8. The van der Waals surface area contributed by atoms with Crippen LogP contribution in [0.4, 0.5) is 4.79 Å². The Morgan fingerprint density at radius 1 is 0.548 bits per heavy atom.